The van der Waals surface area contributed by atoms with Gasteiger partial charge in [0.05, 0.1) is 45.8 Å². The third kappa shape index (κ3) is 8.02. The van der Waals surface area contributed by atoms with Gasteiger partial charge in [-0.05, 0) is 12.5 Å². The number of quaternary nitrogens is 1. The Morgan fingerprint density at radius 1 is 1.00 bits per heavy atom. The van der Waals surface area contributed by atoms with E-state index in [1.807, 2.05) is 0 Å². The number of rotatable bonds is 8. The number of sulfone groups is 1. The van der Waals surface area contributed by atoms with Crippen LogP contribution in [0, 0.1) is 0 Å². The molecule has 0 aliphatic carbocycles. The summed E-state index contributed by atoms with van der Waals surface area (Å²) in [6.45, 7) is 7.00. The molecule has 3 aliphatic rings. The lowest BCUT2D eigenvalue weighted by molar-refractivity contribution is -0.890. The van der Waals surface area contributed by atoms with Crippen LogP contribution in [0.5, 0.6) is 0 Å². The van der Waals surface area contributed by atoms with Gasteiger partial charge < -0.3 is 18.1 Å². The third-order valence-electron chi connectivity index (χ3n) is 5.02. The molecule has 3 saturated heterocycles. The minimum atomic E-state index is -2.87. The van der Waals surface area contributed by atoms with Gasteiger partial charge in [-0.15, -0.1) is 0 Å². The zero-order valence-corrected chi connectivity index (χ0v) is 17.9. The maximum absolute atomic E-state index is 11.3. The summed E-state index contributed by atoms with van der Waals surface area (Å²) in [5, 5.41) is 0. The first kappa shape index (κ1) is 21.3. The molecule has 0 atom stereocenters. The molecule has 3 aliphatic heterocycles. The monoisotopic (exact) mass is 395 g/mol. The standard InChI is InChI=1S/C16H35N2O5SSi/c1-18(2,9-4-14-24(3,19)20)10-5-15-25-16-21-11-6-17(7-12-22-25)8-13-23-25/h4-16H2,1-3H3/q+1. The van der Waals surface area contributed by atoms with Crippen LogP contribution in [0.2, 0.25) is 6.04 Å². The van der Waals surface area contributed by atoms with Crippen molar-refractivity contribution in [3.63, 3.8) is 0 Å². The Labute approximate surface area is 154 Å². The first-order chi connectivity index (χ1) is 11.7. The van der Waals surface area contributed by atoms with E-state index in [0.29, 0.717) is 12.7 Å². The summed E-state index contributed by atoms with van der Waals surface area (Å²) in [6.07, 6.45) is 3.66. The van der Waals surface area contributed by atoms with Crippen molar-refractivity contribution in [1.82, 2.24) is 4.90 Å². The van der Waals surface area contributed by atoms with Gasteiger partial charge in [0.25, 0.3) is 0 Å². The van der Waals surface area contributed by atoms with Crippen LogP contribution in [0.3, 0.4) is 0 Å². The average molecular weight is 396 g/mol. The maximum atomic E-state index is 11.3. The van der Waals surface area contributed by atoms with E-state index in [1.165, 1.54) is 6.26 Å². The van der Waals surface area contributed by atoms with Crippen LogP contribution >= 0.6 is 0 Å². The number of hydrogen-bond acceptors (Lipinski definition) is 6. The van der Waals surface area contributed by atoms with Crippen LogP contribution in [0.25, 0.3) is 0 Å². The van der Waals surface area contributed by atoms with Crippen LogP contribution < -0.4 is 0 Å². The van der Waals surface area contributed by atoms with E-state index in [2.05, 4.69) is 19.0 Å². The molecular weight excluding hydrogens is 360 g/mol. The van der Waals surface area contributed by atoms with Gasteiger partial charge in [0.1, 0.15) is 9.84 Å². The van der Waals surface area contributed by atoms with Gasteiger partial charge in [-0.3, -0.25) is 4.90 Å². The van der Waals surface area contributed by atoms with Gasteiger partial charge >= 0.3 is 8.56 Å². The minimum absolute atomic E-state index is 0.268. The van der Waals surface area contributed by atoms with E-state index in [1.54, 1.807) is 0 Å². The lowest BCUT2D eigenvalue weighted by atomic mass is 10.3. The molecule has 0 radical (unpaired) electrons. The topological polar surface area (TPSA) is 65.1 Å². The van der Waals surface area contributed by atoms with Gasteiger partial charge in [0.15, 0.2) is 0 Å². The second kappa shape index (κ2) is 9.25. The summed E-state index contributed by atoms with van der Waals surface area (Å²) in [6, 6.07) is 0.945. The lowest BCUT2D eigenvalue weighted by Crippen LogP contribution is -2.51. The summed E-state index contributed by atoms with van der Waals surface area (Å²) in [4.78, 5) is 2.34. The molecule has 0 aromatic heterocycles. The second-order valence-corrected chi connectivity index (χ2v) is 13.4. The third-order valence-corrected chi connectivity index (χ3v) is 9.27. The van der Waals surface area contributed by atoms with Crippen LogP contribution in [-0.4, -0.2) is 111 Å². The normalized spacial score (nSPS) is 28.8. The number of hydrogen-bond donors (Lipinski definition) is 0. The molecule has 0 N–H and O–H groups in total. The quantitative estimate of drug-likeness (QED) is 0.434. The summed E-state index contributed by atoms with van der Waals surface area (Å²) in [7, 11) is -0.816. The highest BCUT2D eigenvalue weighted by molar-refractivity contribution is 7.90. The Balaban J connectivity index is 1.81. The summed E-state index contributed by atoms with van der Waals surface area (Å²) >= 11 is 0. The van der Waals surface area contributed by atoms with E-state index < -0.39 is 18.4 Å². The Morgan fingerprint density at radius 2 is 1.60 bits per heavy atom. The largest absolute Gasteiger partial charge is 0.392 e. The predicted octanol–water partition coefficient (Wildman–Crippen LogP) is 0.248. The molecule has 0 unspecified atom stereocenters. The zero-order valence-electron chi connectivity index (χ0n) is 16.0. The molecule has 7 nitrogen and oxygen atoms in total. The highest BCUT2D eigenvalue weighted by atomic mass is 32.2. The molecule has 0 saturated carbocycles. The Morgan fingerprint density at radius 3 is 2.24 bits per heavy atom. The molecule has 3 rings (SSSR count). The molecule has 25 heavy (non-hydrogen) atoms. The molecule has 0 aromatic rings. The van der Waals surface area contributed by atoms with Crippen molar-refractivity contribution >= 4 is 18.4 Å². The molecule has 0 spiro atoms. The molecule has 9 heteroatoms. The van der Waals surface area contributed by atoms with Gasteiger partial charge in [-0.25, -0.2) is 8.42 Å². The molecular formula is C16H35N2O5SSi+. The van der Waals surface area contributed by atoms with Crippen molar-refractivity contribution in [1.29, 1.82) is 0 Å². The zero-order chi connectivity index (χ0) is 18.4. The van der Waals surface area contributed by atoms with Crippen LogP contribution in [0.15, 0.2) is 0 Å². The van der Waals surface area contributed by atoms with E-state index in [-0.39, 0.29) is 5.75 Å². The van der Waals surface area contributed by atoms with Crippen molar-refractivity contribution in [3.05, 3.63) is 0 Å². The van der Waals surface area contributed by atoms with Gasteiger partial charge in [0.2, 0.25) is 0 Å². The van der Waals surface area contributed by atoms with Crippen molar-refractivity contribution in [3.8, 4) is 0 Å². The minimum Gasteiger partial charge on any atom is -0.392 e. The fourth-order valence-corrected chi connectivity index (χ4v) is 6.88. The molecule has 3 fully saturated rings. The number of fused-ring (bicyclic) bond motifs is 7. The van der Waals surface area contributed by atoms with Crippen molar-refractivity contribution in [2.24, 2.45) is 0 Å². The van der Waals surface area contributed by atoms with Gasteiger partial charge in [0, 0.05) is 45.5 Å². The Bertz CT molecular complexity index is 499. The van der Waals surface area contributed by atoms with Crippen molar-refractivity contribution < 1.29 is 26.5 Å². The Kier molecular flexibility index (Phi) is 7.87. The lowest BCUT2D eigenvalue weighted by Gasteiger charge is -2.35. The molecule has 0 aromatic carbocycles. The second-order valence-electron chi connectivity index (χ2n) is 7.97. The number of ether oxygens (including phenoxy) is 1. The number of nitrogens with zero attached hydrogens (tertiary/aromatic N) is 2. The maximum Gasteiger partial charge on any atom is 0.365 e. The predicted molar refractivity (Wildman–Crippen MR) is 101 cm³/mol. The highest BCUT2D eigenvalue weighted by Crippen LogP contribution is 2.21. The van der Waals surface area contributed by atoms with E-state index in [4.69, 9.17) is 13.6 Å². The van der Waals surface area contributed by atoms with E-state index in [9.17, 15) is 8.42 Å². The summed E-state index contributed by atoms with van der Waals surface area (Å²) in [5.74, 6) is 0.268. The van der Waals surface area contributed by atoms with E-state index in [0.717, 1.165) is 69.5 Å². The van der Waals surface area contributed by atoms with Crippen molar-refractivity contribution in [2.75, 3.05) is 84.9 Å². The molecule has 2 bridgehead atoms. The fourth-order valence-electron chi connectivity index (χ4n) is 3.46. The smallest absolute Gasteiger partial charge is 0.365 e. The van der Waals surface area contributed by atoms with Crippen molar-refractivity contribution in [2.45, 2.75) is 18.9 Å². The summed E-state index contributed by atoms with van der Waals surface area (Å²) in [5.41, 5.74) is 0. The SMILES string of the molecule is C[N+](C)(CCC[Si]12COCCN(CCO1)CCO2)CCCS(C)(=O)=O. The first-order valence-electron chi connectivity index (χ1n) is 9.28. The molecule has 148 valence electrons. The van der Waals surface area contributed by atoms with Gasteiger partial charge in [-0.2, -0.15) is 0 Å². The van der Waals surface area contributed by atoms with Crippen LogP contribution in [-0.2, 0) is 23.4 Å². The van der Waals surface area contributed by atoms with Crippen LogP contribution in [0.1, 0.15) is 12.8 Å². The summed E-state index contributed by atoms with van der Waals surface area (Å²) < 4.78 is 41.7. The first-order valence-corrected chi connectivity index (χ1v) is 13.6. The average Bonchev–Trinajstić information content (AvgIpc) is 2.61. The van der Waals surface area contributed by atoms with Crippen LogP contribution in [0.4, 0.5) is 0 Å². The Hall–Kier alpha value is -0.0331. The highest BCUT2D eigenvalue weighted by Gasteiger charge is 2.40. The fraction of sp³-hybridized carbons (Fsp3) is 1.00. The van der Waals surface area contributed by atoms with E-state index >= 15 is 0 Å². The van der Waals surface area contributed by atoms with Gasteiger partial charge in [-0.1, -0.05) is 0 Å². The molecule has 0 amide bonds. The molecule has 3 heterocycles.